The van der Waals surface area contributed by atoms with Gasteiger partial charge >= 0.3 is 6.01 Å². The van der Waals surface area contributed by atoms with Crippen LogP contribution >= 0.6 is 23.4 Å². The first-order valence-electron chi connectivity index (χ1n) is 5.51. The molecule has 2 aromatic heterocycles. The molecule has 0 unspecified atom stereocenters. The summed E-state index contributed by atoms with van der Waals surface area (Å²) in [4.78, 5) is 16.2. The van der Waals surface area contributed by atoms with Crippen molar-refractivity contribution in [1.82, 2.24) is 19.9 Å². The minimum Gasteiger partial charge on any atom is -0.461 e. The number of nitrogens with two attached hydrogens (primary N) is 1. The molecule has 0 radical (unpaired) electrons. The van der Waals surface area contributed by atoms with Crippen LogP contribution in [0.5, 0.6) is 6.01 Å². The van der Waals surface area contributed by atoms with Crippen molar-refractivity contribution in [2.24, 2.45) is 0 Å². The highest BCUT2D eigenvalue weighted by Crippen LogP contribution is 2.29. The Morgan fingerprint density at radius 2 is 2.11 bits per heavy atom. The summed E-state index contributed by atoms with van der Waals surface area (Å²) in [6.07, 6.45) is 1.60. The zero-order valence-corrected chi connectivity index (χ0v) is 11.9. The molecule has 2 rings (SSSR count). The first-order chi connectivity index (χ1) is 9.04. The zero-order chi connectivity index (χ0) is 13.8. The molecule has 0 atom stereocenters. The van der Waals surface area contributed by atoms with Crippen molar-refractivity contribution in [2.45, 2.75) is 30.1 Å². The van der Waals surface area contributed by atoms with E-state index < -0.39 is 0 Å². The molecule has 0 aliphatic carbocycles. The predicted octanol–water partition coefficient (Wildman–Crippen LogP) is 2.44. The van der Waals surface area contributed by atoms with E-state index in [1.54, 1.807) is 18.3 Å². The van der Waals surface area contributed by atoms with E-state index in [4.69, 9.17) is 22.1 Å². The summed E-state index contributed by atoms with van der Waals surface area (Å²) < 4.78 is 5.39. The number of nitrogens with zero attached hydrogens (tertiary/aromatic N) is 4. The largest absolute Gasteiger partial charge is 0.461 e. The lowest BCUT2D eigenvalue weighted by atomic mass is 10.5. The summed E-state index contributed by atoms with van der Waals surface area (Å²) in [5.74, 6) is 0.0974. The molecule has 0 amide bonds. The lowest BCUT2D eigenvalue weighted by Crippen LogP contribution is -2.10. The molecule has 0 spiro atoms. The van der Waals surface area contributed by atoms with Gasteiger partial charge in [-0.1, -0.05) is 11.6 Å². The number of halogens is 1. The van der Waals surface area contributed by atoms with Crippen LogP contribution in [0.1, 0.15) is 13.8 Å². The van der Waals surface area contributed by atoms with Crippen LogP contribution < -0.4 is 10.5 Å². The van der Waals surface area contributed by atoms with Gasteiger partial charge in [-0.25, -0.2) is 4.98 Å². The minimum absolute atomic E-state index is 0.0434. The average Bonchev–Trinajstić information content (AvgIpc) is 2.30. The Morgan fingerprint density at radius 1 is 1.32 bits per heavy atom. The third-order valence-corrected chi connectivity index (χ3v) is 3.17. The molecule has 2 N–H and O–H groups in total. The van der Waals surface area contributed by atoms with E-state index in [2.05, 4.69) is 19.9 Å². The SMILES string of the molecule is CC(C)Oc1nc(N)nc(Sc2ncccc2Cl)n1. The van der Waals surface area contributed by atoms with Gasteiger partial charge in [0.15, 0.2) is 0 Å². The van der Waals surface area contributed by atoms with Crippen molar-refractivity contribution in [2.75, 3.05) is 5.73 Å². The maximum atomic E-state index is 6.02. The molecule has 100 valence electrons. The van der Waals surface area contributed by atoms with Crippen LogP contribution in [0.2, 0.25) is 5.02 Å². The van der Waals surface area contributed by atoms with E-state index in [9.17, 15) is 0 Å². The van der Waals surface area contributed by atoms with Crippen LogP contribution in [0.25, 0.3) is 0 Å². The number of aromatic nitrogens is 4. The first-order valence-corrected chi connectivity index (χ1v) is 6.70. The fraction of sp³-hybridized carbons (Fsp3) is 0.273. The molecule has 2 heterocycles. The highest BCUT2D eigenvalue weighted by atomic mass is 35.5. The van der Waals surface area contributed by atoms with Gasteiger partial charge in [0, 0.05) is 6.20 Å². The molecular weight excluding hydrogens is 286 g/mol. The zero-order valence-electron chi connectivity index (χ0n) is 10.4. The number of pyridine rings is 1. The number of hydrogen-bond donors (Lipinski definition) is 1. The van der Waals surface area contributed by atoms with Crippen molar-refractivity contribution in [1.29, 1.82) is 0 Å². The van der Waals surface area contributed by atoms with Gasteiger partial charge in [0.2, 0.25) is 11.1 Å². The lowest BCUT2D eigenvalue weighted by Gasteiger charge is -2.08. The number of anilines is 1. The smallest absolute Gasteiger partial charge is 0.322 e. The maximum Gasteiger partial charge on any atom is 0.322 e. The number of hydrogen-bond acceptors (Lipinski definition) is 7. The van der Waals surface area contributed by atoms with Crippen LogP contribution in [0.3, 0.4) is 0 Å². The summed E-state index contributed by atoms with van der Waals surface area (Å²) in [5.41, 5.74) is 5.62. The van der Waals surface area contributed by atoms with Crippen LogP contribution in [0, 0.1) is 0 Å². The Bertz CT molecular complexity index is 581. The van der Waals surface area contributed by atoms with Gasteiger partial charge in [0.25, 0.3) is 0 Å². The van der Waals surface area contributed by atoms with Crippen LogP contribution in [0.15, 0.2) is 28.5 Å². The van der Waals surface area contributed by atoms with E-state index in [0.29, 0.717) is 15.2 Å². The van der Waals surface area contributed by atoms with Gasteiger partial charge in [-0.2, -0.15) is 15.0 Å². The molecule has 0 saturated carbocycles. The normalized spacial score (nSPS) is 10.7. The molecule has 6 nitrogen and oxygen atoms in total. The van der Waals surface area contributed by atoms with Crippen molar-refractivity contribution in [3.05, 3.63) is 23.4 Å². The molecule has 0 fully saturated rings. The Balaban J connectivity index is 2.25. The van der Waals surface area contributed by atoms with Crippen LogP contribution in [-0.2, 0) is 0 Å². The topological polar surface area (TPSA) is 86.8 Å². The lowest BCUT2D eigenvalue weighted by molar-refractivity contribution is 0.219. The molecule has 8 heteroatoms. The fourth-order valence-electron chi connectivity index (χ4n) is 1.19. The summed E-state index contributed by atoms with van der Waals surface area (Å²) in [7, 11) is 0. The molecule has 0 bridgehead atoms. The fourth-order valence-corrected chi connectivity index (χ4v) is 2.15. The third kappa shape index (κ3) is 3.93. The quantitative estimate of drug-likeness (QED) is 0.927. The molecule has 0 aromatic carbocycles. The Kier molecular flexibility index (Phi) is 4.39. The monoisotopic (exact) mass is 297 g/mol. The first kappa shape index (κ1) is 13.8. The van der Waals surface area contributed by atoms with Crippen molar-refractivity contribution in [3.63, 3.8) is 0 Å². The van der Waals surface area contributed by atoms with Crippen molar-refractivity contribution >= 4 is 29.3 Å². The molecular formula is C11H12ClN5OS. The highest BCUT2D eigenvalue weighted by molar-refractivity contribution is 7.99. The minimum atomic E-state index is -0.0434. The van der Waals surface area contributed by atoms with Crippen LogP contribution in [0.4, 0.5) is 5.95 Å². The second-order valence-electron chi connectivity index (χ2n) is 3.82. The summed E-state index contributed by atoms with van der Waals surface area (Å²) in [6.45, 7) is 3.75. The predicted molar refractivity (Wildman–Crippen MR) is 73.4 cm³/mol. The van der Waals surface area contributed by atoms with E-state index in [1.165, 1.54) is 11.8 Å². The standard InChI is InChI=1S/C11H12ClN5OS/c1-6(2)18-10-15-9(13)16-11(17-10)19-8-7(12)4-3-5-14-8/h3-6H,1-2H3,(H2,13,15,16,17). The van der Waals surface area contributed by atoms with Crippen molar-refractivity contribution in [3.8, 4) is 6.01 Å². The Hall–Kier alpha value is -1.60. The average molecular weight is 298 g/mol. The maximum absolute atomic E-state index is 6.02. The molecule has 19 heavy (non-hydrogen) atoms. The second kappa shape index (κ2) is 6.03. The van der Waals surface area contributed by atoms with E-state index in [-0.39, 0.29) is 18.1 Å². The summed E-state index contributed by atoms with van der Waals surface area (Å²) >= 11 is 7.23. The number of ether oxygens (including phenoxy) is 1. The summed E-state index contributed by atoms with van der Waals surface area (Å²) in [6, 6.07) is 3.69. The van der Waals surface area contributed by atoms with E-state index in [1.807, 2.05) is 13.8 Å². The van der Waals surface area contributed by atoms with Gasteiger partial charge < -0.3 is 10.5 Å². The second-order valence-corrected chi connectivity index (χ2v) is 5.18. The molecule has 0 saturated heterocycles. The third-order valence-electron chi connectivity index (χ3n) is 1.87. The molecule has 2 aromatic rings. The summed E-state index contributed by atoms with van der Waals surface area (Å²) in [5, 5.41) is 1.52. The Morgan fingerprint density at radius 3 is 2.79 bits per heavy atom. The number of rotatable bonds is 4. The van der Waals surface area contributed by atoms with E-state index >= 15 is 0 Å². The molecule has 0 aliphatic heterocycles. The van der Waals surface area contributed by atoms with E-state index in [0.717, 1.165) is 0 Å². The Labute approximate surface area is 119 Å². The number of nitrogen functional groups attached to an aromatic ring is 1. The molecule has 0 aliphatic rings. The highest BCUT2D eigenvalue weighted by Gasteiger charge is 2.11. The van der Waals surface area contributed by atoms with Crippen molar-refractivity contribution < 1.29 is 4.74 Å². The van der Waals surface area contributed by atoms with Gasteiger partial charge in [0.1, 0.15) is 5.03 Å². The van der Waals surface area contributed by atoms with Crippen LogP contribution in [-0.4, -0.2) is 26.0 Å². The van der Waals surface area contributed by atoms with Gasteiger partial charge in [0.05, 0.1) is 11.1 Å². The van der Waals surface area contributed by atoms with Gasteiger partial charge in [-0.15, -0.1) is 0 Å². The van der Waals surface area contributed by atoms with Gasteiger partial charge in [-0.05, 0) is 37.7 Å². The van der Waals surface area contributed by atoms with Gasteiger partial charge in [-0.3, -0.25) is 0 Å².